The number of nitrogens with zero attached hydrogens (tertiary/aromatic N) is 1. The molecular formula is C20H24N2O5S. The van der Waals surface area contributed by atoms with Crippen molar-refractivity contribution in [2.24, 2.45) is 0 Å². The van der Waals surface area contributed by atoms with E-state index in [9.17, 15) is 13.2 Å². The van der Waals surface area contributed by atoms with Crippen molar-refractivity contribution in [3.05, 3.63) is 47.5 Å². The van der Waals surface area contributed by atoms with Gasteiger partial charge >= 0.3 is 0 Å². The van der Waals surface area contributed by atoms with Gasteiger partial charge in [0.2, 0.25) is 10.0 Å². The zero-order valence-corrected chi connectivity index (χ0v) is 17.0. The van der Waals surface area contributed by atoms with Gasteiger partial charge in [0.15, 0.2) is 0 Å². The van der Waals surface area contributed by atoms with E-state index in [0.717, 1.165) is 12.8 Å². The Morgan fingerprint density at radius 3 is 2.39 bits per heavy atom. The minimum atomic E-state index is -3.61. The molecule has 0 aliphatic carbocycles. The smallest absolute Gasteiger partial charge is 0.255 e. The molecule has 1 N–H and O–H groups in total. The van der Waals surface area contributed by atoms with Crippen molar-refractivity contribution in [3.63, 3.8) is 0 Å². The summed E-state index contributed by atoms with van der Waals surface area (Å²) in [6, 6.07) is 9.75. The number of ether oxygens (including phenoxy) is 2. The predicted molar refractivity (Wildman–Crippen MR) is 107 cm³/mol. The molecule has 8 heteroatoms. The first kappa shape index (κ1) is 20.2. The highest BCUT2D eigenvalue weighted by atomic mass is 32.2. The van der Waals surface area contributed by atoms with E-state index >= 15 is 0 Å². The van der Waals surface area contributed by atoms with E-state index in [1.165, 1.54) is 17.5 Å². The van der Waals surface area contributed by atoms with Crippen LogP contribution in [0.1, 0.15) is 28.8 Å². The van der Waals surface area contributed by atoms with Gasteiger partial charge in [-0.1, -0.05) is 6.07 Å². The maximum Gasteiger partial charge on any atom is 0.255 e. The highest BCUT2D eigenvalue weighted by Crippen LogP contribution is 2.30. The Hall–Kier alpha value is -2.58. The molecule has 1 aliphatic heterocycles. The lowest BCUT2D eigenvalue weighted by molar-refractivity contribution is 0.102. The van der Waals surface area contributed by atoms with Gasteiger partial charge in [0, 0.05) is 24.7 Å². The fourth-order valence-electron chi connectivity index (χ4n) is 3.18. The summed E-state index contributed by atoms with van der Waals surface area (Å²) in [4.78, 5) is 12.9. The molecule has 0 aromatic heterocycles. The van der Waals surface area contributed by atoms with E-state index in [1.54, 1.807) is 44.4 Å². The molecule has 7 nitrogen and oxygen atoms in total. The molecule has 0 unspecified atom stereocenters. The standard InChI is InChI=1S/C20H24N2O5S/c1-14-6-7-15(12-19(14)28(24,25)22-10-4-5-11-22)20(23)21-17-9-8-16(26-2)13-18(17)27-3/h6-9,12-13H,4-5,10-11H2,1-3H3,(H,21,23). The summed E-state index contributed by atoms with van der Waals surface area (Å²) in [7, 11) is -0.568. The van der Waals surface area contributed by atoms with Gasteiger partial charge < -0.3 is 14.8 Å². The number of sulfonamides is 1. The molecule has 2 aromatic rings. The summed E-state index contributed by atoms with van der Waals surface area (Å²) in [6.45, 7) is 2.76. The molecule has 1 amide bonds. The molecule has 150 valence electrons. The number of amides is 1. The number of methoxy groups -OCH3 is 2. The van der Waals surface area contributed by atoms with E-state index in [0.29, 0.717) is 35.8 Å². The van der Waals surface area contributed by atoms with Crippen LogP contribution in [0.4, 0.5) is 5.69 Å². The number of hydrogen-bond acceptors (Lipinski definition) is 5. The number of carbonyl (C=O) groups excluding carboxylic acids is 1. The first-order valence-electron chi connectivity index (χ1n) is 9.01. The Kier molecular flexibility index (Phi) is 5.90. The predicted octanol–water partition coefficient (Wildman–Crippen LogP) is 3.05. The second kappa shape index (κ2) is 8.20. The summed E-state index contributed by atoms with van der Waals surface area (Å²) < 4.78 is 37.8. The monoisotopic (exact) mass is 404 g/mol. The Bertz CT molecular complexity index is 982. The van der Waals surface area contributed by atoms with Crippen LogP contribution < -0.4 is 14.8 Å². The molecule has 0 radical (unpaired) electrons. The Balaban J connectivity index is 1.89. The maximum atomic E-state index is 12.9. The third kappa shape index (κ3) is 3.98. The number of hydrogen-bond donors (Lipinski definition) is 1. The van der Waals surface area contributed by atoms with Crippen LogP contribution in [-0.4, -0.2) is 45.9 Å². The Morgan fingerprint density at radius 1 is 1.04 bits per heavy atom. The second-order valence-electron chi connectivity index (χ2n) is 6.61. The molecule has 0 saturated carbocycles. The lowest BCUT2D eigenvalue weighted by Gasteiger charge is -2.18. The van der Waals surface area contributed by atoms with Gasteiger partial charge in [-0.15, -0.1) is 0 Å². The quantitative estimate of drug-likeness (QED) is 0.800. The molecule has 1 saturated heterocycles. The molecule has 0 atom stereocenters. The van der Waals surface area contributed by atoms with E-state index in [-0.39, 0.29) is 10.5 Å². The van der Waals surface area contributed by atoms with Gasteiger partial charge in [-0.25, -0.2) is 8.42 Å². The Morgan fingerprint density at radius 2 is 1.75 bits per heavy atom. The van der Waals surface area contributed by atoms with E-state index in [2.05, 4.69) is 5.32 Å². The fourth-order valence-corrected chi connectivity index (χ4v) is 4.95. The zero-order chi connectivity index (χ0) is 20.3. The molecule has 1 heterocycles. The van der Waals surface area contributed by atoms with E-state index in [4.69, 9.17) is 9.47 Å². The lowest BCUT2D eigenvalue weighted by Crippen LogP contribution is -2.28. The van der Waals surface area contributed by atoms with Crippen molar-refractivity contribution < 1.29 is 22.7 Å². The first-order chi connectivity index (χ1) is 13.4. The van der Waals surface area contributed by atoms with Gasteiger partial charge in [-0.3, -0.25) is 4.79 Å². The van der Waals surface area contributed by atoms with Gasteiger partial charge in [-0.2, -0.15) is 4.31 Å². The molecule has 0 bridgehead atoms. The van der Waals surface area contributed by atoms with Crippen LogP contribution in [-0.2, 0) is 10.0 Å². The molecule has 28 heavy (non-hydrogen) atoms. The second-order valence-corrected chi connectivity index (χ2v) is 8.52. The van der Waals surface area contributed by atoms with Crippen LogP contribution in [0.5, 0.6) is 11.5 Å². The van der Waals surface area contributed by atoms with E-state index < -0.39 is 15.9 Å². The average molecular weight is 404 g/mol. The summed E-state index contributed by atoms with van der Waals surface area (Å²) in [6.07, 6.45) is 1.71. The van der Waals surface area contributed by atoms with E-state index in [1.807, 2.05) is 0 Å². The zero-order valence-electron chi connectivity index (χ0n) is 16.2. The van der Waals surface area contributed by atoms with Crippen LogP contribution >= 0.6 is 0 Å². The minimum absolute atomic E-state index is 0.170. The fraction of sp³-hybridized carbons (Fsp3) is 0.350. The van der Waals surface area contributed by atoms with Crippen molar-refractivity contribution in [1.82, 2.24) is 4.31 Å². The van der Waals surface area contributed by atoms with Crippen LogP contribution in [0.15, 0.2) is 41.3 Å². The topological polar surface area (TPSA) is 84.9 Å². The van der Waals surface area contributed by atoms with Gasteiger partial charge in [0.05, 0.1) is 24.8 Å². The molecule has 3 rings (SSSR count). The maximum absolute atomic E-state index is 12.9. The van der Waals surface area contributed by atoms with Gasteiger partial charge in [-0.05, 0) is 49.6 Å². The number of rotatable bonds is 6. The lowest BCUT2D eigenvalue weighted by atomic mass is 10.1. The first-order valence-corrected chi connectivity index (χ1v) is 10.4. The number of carbonyl (C=O) groups is 1. The SMILES string of the molecule is COc1ccc(NC(=O)c2ccc(C)c(S(=O)(=O)N3CCCC3)c2)c(OC)c1. The van der Waals surface area contributed by atoms with Crippen LogP contribution in [0.2, 0.25) is 0 Å². The third-order valence-electron chi connectivity index (χ3n) is 4.79. The van der Waals surface area contributed by atoms with Crippen LogP contribution in [0.3, 0.4) is 0 Å². The normalized spacial score (nSPS) is 14.7. The molecule has 1 aliphatic rings. The average Bonchev–Trinajstić information content (AvgIpc) is 3.24. The summed E-state index contributed by atoms with van der Waals surface area (Å²) in [5.41, 5.74) is 1.35. The molecule has 1 fully saturated rings. The largest absolute Gasteiger partial charge is 0.497 e. The Labute approximate surface area is 165 Å². The van der Waals surface area contributed by atoms with Crippen LogP contribution in [0.25, 0.3) is 0 Å². The highest BCUT2D eigenvalue weighted by Gasteiger charge is 2.29. The van der Waals surface area contributed by atoms with Crippen molar-refractivity contribution >= 4 is 21.6 Å². The number of nitrogens with one attached hydrogen (secondary N) is 1. The molecular weight excluding hydrogens is 380 g/mol. The van der Waals surface area contributed by atoms with Crippen molar-refractivity contribution in [1.29, 1.82) is 0 Å². The number of aryl methyl sites for hydroxylation is 1. The van der Waals surface area contributed by atoms with Crippen molar-refractivity contribution in [3.8, 4) is 11.5 Å². The van der Waals surface area contributed by atoms with Crippen molar-refractivity contribution in [2.75, 3.05) is 32.6 Å². The summed E-state index contributed by atoms with van der Waals surface area (Å²) in [5, 5.41) is 2.77. The number of anilines is 1. The third-order valence-corrected chi connectivity index (χ3v) is 6.83. The number of benzene rings is 2. The molecule has 0 spiro atoms. The van der Waals surface area contributed by atoms with Crippen LogP contribution in [0, 0.1) is 6.92 Å². The molecule has 2 aromatic carbocycles. The highest BCUT2D eigenvalue weighted by molar-refractivity contribution is 7.89. The van der Waals surface area contributed by atoms with Gasteiger partial charge in [0.25, 0.3) is 5.91 Å². The van der Waals surface area contributed by atoms with Gasteiger partial charge in [0.1, 0.15) is 11.5 Å². The summed E-state index contributed by atoms with van der Waals surface area (Å²) in [5.74, 6) is 0.634. The summed E-state index contributed by atoms with van der Waals surface area (Å²) >= 11 is 0. The van der Waals surface area contributed by atoms with Crippen molar-refractivity contribution in [2.45, 2.75) is 24.7 Å². The minimum Gasteiger partial charge on any atom is -0.497 e.